The SMILES string of the molecule is CC1CN(CCN2CCNCC2)CCN1C. The second-order valence-corrected chi connectivity index (χ2v) is 5.22. The molecule has 0 aromatic heterocycles. The van der Waals surface area contributed by atoms with Crippen LogP contribution in [0.5, 0.6) is 0 Å². The number of nitrogens with one attached hydrogen (secondary N) is 1. The van der Waals surface area contributed by atoms with Crippen molar-refractivity contribution in [3.63, 3.8) is 0 Å². The van der Waals surface area contributed by atoms with Crippen molar-refractivity contribution in [1.82, 2.24) is 20.0 Å². The van der Waals surface area contributed by atoms with E-state index in [-0.39, 0.29) is 0 Å². The molecule has 0 aliphatic carbocycles. The smallest absolute Gasteiger partial charge is 0.0192 e. The van der Waals surface area contributed by atoms with E-state index in [1.807, 2.05) is 0 Å². The van der Waals surface area contributed by atoms with E-state index in [0.29, 0.717) is 0 Å². The largest absolute Gasteiger partial charge is 0.314 e. The Hall–Kier alpha value is -0.160. The summed E-state index contributed by atoms with van der Waals surface area (Å²) in [7, 11) is 2.23. The van der Waals surface area contributed by atoms with Crippen LogP contribution in [-0.4, -0.2) is 86.7 Å². The fourth-order valence-electron chi connectivity index (χ4n) is 2.54. The minimum atomic E-state index is 0.719. The van der Waals surface area contributed by atoms with E-state index >= 15 is 0 Å². The molecule has 1 N–H and O–H groups in total. The molecule has 2 heterocycles. The van der Waals surface area contributed by atoms with Crippen LogP contribution in [0.4, 0.5) is 0 Å². The summed E-state index contributed by atoms with van der Waals surface area (Å²) in [4.78, 5) is 7.66. The Bertz CT molecular complexity index is 203. The van der Waals surface area contributed by atoms with Crippen molar-refractivity contribution in [1.29, 1.82) is 0 Å². The first-order valence-corrected chi connectivity index (χ1v) is 6.61. The molecule has 2 rings (SSSR count). The fraction of sp³-hybridized carbons (Fsp3) is 1.00. The Morgan fingerprint density at radius 1 is 1.00 bits per heavy atom. The van der Waals surface area contributed by atoms with Gasteiger partial charge in [0.25, 0.3) is 0 Å². The van der Waals surface area contributed by atoms with Crippen LogP contribution in [0.1, 0.15) is 6.92 Å². The lowest BCUT2D eigenvalue weighted by molar-refractivity contribution is 0.0925. The third kappa shape index (κ3) is 3.42. The third-order valence-electron chi connectivity index (χ3n) is 3.99. The molecule has 94 valence electrons. The molecule has 4 nitrogen and oxygen atoms in total. The van der Waals surface area contributed by atoms with Crippen molar-refractivity contribution in [2.24, 2.45) is 0 Å². The van der Waals surface area contributed by atoms with Gasteiger partial charge in [0.15, 0.2) is 0 Å². The maximum Gasteiger partial charge on any atom is 0.0192 e. The van der Waals surface area contributed by atoms with Gasteiger partial charge in [-0.2, -0.15) is 0 Å². The molecular formula is C12H26N4. The maximum atomic E-state index is 3.40. The van der Waals surface area contributed by atoms with Crippen molar-refractivity contribution >= 4 is 0 Å². The molecule has 0 radical (unpaired) electrons. The van der Waals surface area contributed by atoms with E-state index in [4.69, 9.17) is 0 Å². The molecule has 0 saturated carbocycles. The maximum absolute atomic E-state index is 3.40. The highest BCUT2D eigenvalue weighted by molar-refractivity contribution is 4.78. The minimum absolute atomic E-state index is 0.719. The van der Waals surface area contributed by atoms with Gasteiger partial charge in [0, 0.05) is 64.9 Å². The summed E-state index contributed by atoms with van der Waals surface area (Å²) in [6.07, 6.45) is 0. The van der Waals surface area contributed by atoms with E-state index < -0.39 is 0 Å². The Morgan fingerprint density at radius 3 is 2.38 bits per heavy atom. The van der Waals surface area contributed by atoms with E-state index in [0.717, 1.165) is 6.04 Å². The topological polar surface area (TPSA) is 21.8 Å². The van der Waals surface area contributed by atoms with Gasteiger partial charge in [-0.15, -0.1) is 0 Å². The van der Waals surface area contributed by atoms with E-state index in [2.05, 4.69) is 34.0 Å². The zero-order chi connectivity index (χ0) is 11.4. The number of hydrogen-bond acceptors (Lipinski definition) is 4. The molecule has 0 aromatic carbocycles. The van der Waals surface area contributed by atoms with Crippen molar-refractivity contribution in [3.8, 4) is 0 Å². The zero-order valence-corrected chi connectivity index (χ0v) is 10.8. The molecule has 2 aliphatic rings. The third-order valence-corrected chi connectivity index (χ3v) is 3.99. The second-order valence-electron chi connectivity index (χ2n) is 5.22. The number of nitrogens with zero attached hydrogens (tertiary/aromatic N) is 3. The minimum Gasteiger partial charge on any atom is -0.314 e. The molecule has 2 saturated heterocycles. The van der Waals surface area contributed by atoms with Crippen molar-refractivity contribution in [2.75, 3.05) is 66.0 Å². The monoisotopic (exact) mass is 226 g/mol. The van der Waals surface area contributed by atoms with E-state index in [1.165, 1.54) is 58.9 Å². The van der Waals surface area contributed by atoms with Crippen LogP contribution in [0.2, 0.25) is 0 Å². The molecule has 2 fully saturated rings. The molecule has 1 unspecified atom stereocenters. The predicted molar refractivity (Wildman–Crippen MR) is 67.8 cm³/mol. The molecule has 4 heteroatoms. The van der Waals surface area contributed by atoms with Crippen LogP contribution >= 0.6 is 0 Å². The summed E-state index contributed by atoms with van der Waals surface area (Å²) in [5.41, 5.74) is 0. The van der Waals surface area contributed by atoms with Crippen molar-refractivity contribution in [3.05, 3.63) is 0 Å². The van der Waals surface area contributed by atoms with Crippen LogP contribution in [0, 0.1) is 0 Å². The summed E-state index contributed by atoms with van der Waals surface area (Å²) < 4.78 is 0. The second kappa shape index (κ2) is 5.96. The Morgan fingerprint density at radius 2 is 1.69 bits per heavy atom. The molecule has 0 spiro atoms. The lowest BCUT2D eigenvalue weighted by atomic mass is 10.2. The van der Waals surface area contributed by atoms with Crippen molar-refractivity contribution in [2.45, 2.75) is 13.0 Å². The first kappa shape index (κ1) is 12.3. The van der Waals surface area contributed by atoms with Gasteiger partial charge in [-0.3, -0.25) is 9.80 Å². The fourth-order valence-corrected chi connectivity index (χ4v) is 2.54. The molecule has 0 amide bonds. The summed E-state index contributed by atoms with van der Waals surface area (Å²) in [5, 5.41) is 3.40. The lowest BCUT2D eigenvalue weighted by Gasteiger charge is -2.39. The van der Waals surface area contributed by atoms with Crippen LogP contribution in [0.15, 0.2) is 0 Å². The molecule has 2 aliphatic heterocycles. The Balaban J connectivity index is 1.65. The summed E-state index contributed by atoms with van der Waals surface area (Å²) in [6, 6.07) is 0.719. The Kier molecular flexibility index (Phi) is 4.58. The number of rotatable bonds is 3. The standard InChI is InChI=1S/C12H26N4/c1-12-11-16(8-7-14(12)2)10-9-15-5-3-13-4-6-15/h12-13H,3-11H2,1-2H3. The average Bonchev–Trinajstić information content (AvgIpc) is 2.32. The highest BCUT2D eigenvalue weighted by atomic mass is 15.3. The predicted octanol–water partition coefficient (Wildman–Crippen LogP) is -0.472. The number of hydrogen-bond donors (Lipinski definition) is 1. The van der Waals surface area contributed by atoms with Crippen LogP contribution in [-0.2, 0) is 0 Å². The van der Waals surface area contributed by atoms with Crippen LogP contribution < -0.4 is 5.32 Å². The van der Waals surface area contributed by atoms with Gasteiger partial charge in [-0.25, -0.2) is 0 Å². The molecule has 0 aromatic rings. The Labute approximate surface area is 99.6 Å². The summed E-state index contributed by atoms with van der Waals surface area (Å²) in [5.74, 6) is 0. The van der Waals surface area contributed by atoms with Gasteiger partial charge < -0.3 is 10.2 Å². The van der Waals surface area contributed by atoms with Crippen LogP contribution in [0.25, 0.3) is 0 Å². The quantitative estimate of drug-likeness (QED) is 0.702. The van der Waals surface area contributed by atoms with Gasteiger partial charge in [0.05, 0.1) is 0 Å². The first-order chi connectivity index (χ1) is 7.75. The van der Waals surface area contributed by atoms with Gasteiger partial charge in [0.1, 0.15) is 0 Å². The van der Waals surface area contributed by atoms with Crippen molar-refractivity contribution < 1.29 is 0 Å². The molecule has 1 atom stereocenters. The zero-order valence-electron chi connectivity index (χ0n) is 10.8. The van der Waals surface area contributed by atoms with Crippen LogP contribution in [0.3, 0.4) is 0 Å². The lowest BCUT2D eigenvalue weighted by Crippen LogP contribution is -2.52. The molecular weight excluding hydrogens is 200 g/mol. The molecule has 0 bridgehead atoms. The molecule has 16 heavy (non-hydrogen) atoms. The van der Waals surface area contributed by atoms with Gasteiger partial charge in [-0.05, 0) is 14.0 Å². The van der Waals surface area contributed by atoms with Gasteiger partial charge in [-0.1, -0.05) is 0 Å². The van der Waals surface area contributed by atoms with E-state index in [9.17, 15) is 0 Å². The normalized spacial score (nSPS) is 30.8. The average molecular weight is 226 g/mol. The summed E-state index contributed by atoms with van der Waals surface area (Å²) >= 11 is 0. The highest BCUT2D eigenvalue weighted by Crippen LogP contribution is 2.06. The summed E-state index contributed by atoms with van der Waals surface area (Å²) in [6.45, 7) is 13.3. The first-order valence-electron chi connectivity index (χ1n) is 6.61. The van der Waals surface area contributed by atoms with E-state index in [1.54, 1.807) is 0 Å². The van der Waals surface area contributed by atoms with Gasteiger partial charge >= 0.3 is 0 Å². The van der Waals surface area contributed by atoms with Gasteiger partial charge in [0.2, 0.25) is 0 Å². The highest BCUT2D eigenvalue weighted by Gasteiger charge is 2.20. The number of likely N-dealkylation sites (N-methyl/N-ethyl adjacent to an activating group) is 1. The number of piperazine rings is 2.